The topological polar surface area (TPSA) is 70.0 Å². The van der Waals surface area contributed by atoms with Gasteiger partial charge >= 0.3 is 5.97 Å². The third-order valence-corrected chi connectivity index (χ3v) is 2.18. The Balaban J connectivity index is 2.62. The lowest BCUT2D eigenvalue weighted by molar-refractivity contribution is -0.145. The molecular weight excluding hydrogens is 160 g/mol. The smallest absolute Gasteiger partial charge is 0.328 e. The van der Waals surface area contributed by atoms with Gasteiger partial charge in [-0.3, -0.25) is 0 Å². The Morgan fingerprint density at radius 2 is 2.25 bits per heavy atom. The molecule has 1 fully saturated rings. The van der Waals surface area contributed by atoms with Gasteiger partial charge in [0.25, 0.3) is 0 Å². The van der Waals surface area contributed by atoms with Gasteiger partial charge < -0.3 is 5.11 Å². The quantitative estimate of drug-likeness (QED) is 0.627. The van der Waals surface area contributed by atoms with Gasteiger partial charge in [-0.15, -0.1) is 4.91 Å². The molecule has 68 valence electrons. The zero-order valence-electron chi connectivity index (χ0n) is 6.93. The first-order valence-electron chi connectivity index (χ1n) is 3.98. The molecule has 1 heterocycles. The predicted molar refractivity (Wildman–Crippen MR) is 42.3 cm³/mol. The second-order valence-corrected chi connectivity index (χ2v) is 3.24. The van der Waals surface area contributed by atoms with Crippen LogP contribution in [0.2, 0.25) is 0 Å². The molecule has 1 aliphatic heterocycles. The first kappa shape index (κ1) is 8.96. The van der Waals surface area contributed by atoms with Gasteiger partial charge in [-0.25, -0.2) is 9.80 Å². The van der Waals surface area contributed by atoms with Crippen molar-refractivity contribution >= 4 is 5.97 Å². The highest BCUT2D eigenvalue weighted by molar-refractivity contribution is 5.73. The summed E-state index contributed by atoms with van der Waals surface area (Å²) in [6.45, 7) is 2.44. The minimum absolute atomic E-state index is 0.360. The number of aliphatic carboxylic acids is 1. The van der Waals surface area contributed by atoms with Crippen molar-refractivity contribution in [1.29, 1.82) is 0 Å². The summed E-state index contributed by atoms with van der Waals surface area (Å²) in [7, 11) is 0. The molecule has 2 atom stereocenters. The highest BCUT2D eigenvalue weighted by atomic mass is 16.4. The zero-order chi connectivity index (χ0) is 9.14. The molecule has 1 saturated heterocycles. The SMILES string of the molecule is CC1CCC(C(=O)O)N(N=O)C1. The Morgan fingerprint density at radius 1 is 1.58 bits per heavy atom. The largest absolute Gasteiger partial charge is 0.480 e. The normalized spacial score (nSPS) is 29.9. The van der Waals surface area contributed by atoms with Crippen molar-refractivity contribution in [2.45, 2.75) is 25.8 Å². The van der Waals surface area contributed by atoms with Crippen LogP contribution in [0.1, 0.15) is 19.8 Å². The third kappa shape index (κ3) is 1.72. The molecule has 2 unspecified atom stereocenters. The van der Waals surface area contributed by atoms with Gasteiger partial charge in [-0.05, 0) is 18.8 Å². The van der Waals surface area contributed by atoms with E-state index in [1.807, 2.05) is 6.92 Å². The van der Waals surface area contributed by atoms with E-state index < -0.39 is 12.0 Å². The molecule has 12 heavy (non-hydrogen) atoms. The number of rotatable bonds is 2. The van der Waals surface area contributed by atoms with E-state index in [9.17, 15) is 9.70 Å². The predicted octanol–water partition coefficient (Wildman–Crippen LogP) is 0.853. The van der Waals surface area contributed by atoms with Crippen molar-refractivity contribution in [2.75, 3.05) is 6.54 Å². The highest BCUT2D eigenvalue weighted by Gasteiger charge is 2.31. The summed E-state index contributed by atoms with van der Waals surface area (Å²) in [5, 5.41) is 12.5. The van der Waals surface area contributed by atoms with Gasteiger partial charge in [0.15, 0.2) is 0 Å². The third-order valence-electron chi connectivity index (χ3n) is 2.18. The summed E-state index contributed by atoms with van der Waals surface area (Å²) in [4.78, 5) is 20.8. The van der Waals surface area contributed by atoms with Crippen molar-refractivity contribution in [3.05, 3.63) is 4.91 Å². The van der Waals surface area contributed by atoms with E-state index in [4.69, 9.17) is 5.11 Å². The minimum Gasteiger partial charge on any atom is -0.480 e. The van der Waals surface area contributed by atoms with Crippen molar-refractivity contribution < 1.29 is 9.90 Å². The second kappa shape index (κ2) is 3.51. The van der Waals surface area contributed by atoms with Crippen molar-refractivity contribution in [1.82, 2.24) is 5.01 Å². The number of nitrogens with zero attached hydrogens (tertiary/aromatic N) is 2. The summed E-state index contributed by atoms with van der Waals surface area (Å²) in [5.74, 6) is -0.597. The summed E-state index contributed by atoms with van der Waals surface area (Å²) in [6, 6.07) is -0.710. The molecule has 0 spiro atoms. The van der Waals surface area contributed by atoms with E-state index in [1.165, 1.54) is 0 Å². The molecule has 0 aromatic carbocycles. The maximum Gasteiger partial charge on any atom is 0.328 e. The Hall–Kier alpha value is -1.13. The Kier molecular flexibility index (Phi) is 2.62. The van der Waals surface area contributed by atoms with Crippen LogP contribution in [0.25, 0.3) is 0 Å². The average molecular weight is 172 g/mol. The minimum atomic E-state index is -0.957. The molecule has 0 bridgehead atoms. The number of carbonyl (C=O) groups is 1. The van der Waals surface area contributed by atoms with Crippen LogP contribution < -0.4 is 0 Å². The van der Waals surface area contributed by atoms with Crippen molar-refractivity contribution in [3.63, 3.8) is 0 Å². The van der Waals surface area contributed by atoms with E-state index in [0.29, 0.717) is 18.9 Å². The van der Waals surface area contributed by atoms with E-state index in [2.05, 4.69) is 5.29 Å². The lowest BCUT2D eigenvalue weighted by Gasteiger charge is -2.31. The van der Waals surface area contributed by atoms with Crippen LogP contribution in [0.4, 0.5) is 0 Å². The van der Waals surface area contributed by atoms with Crippen LogP contribution in [0.15, 0.2) is 5.29 Å². The summed E-state index contributed by atoms with van der Waals surface area (Å²) in [5.41, 5.74) is 0. The fraction of sp³-hybridized carbons (Fsp3) is 0.857. The number of carboxylic acids is 1. The molecule has 0 amide bonds. The summed E-state index contributed by atoms with van der Waals surface area (Å²) in [6.07, 6.45) is 1.37. The van der Waals surface area contributed by atoms with Crippen LogP contribution in [-0.4, -0.2) is 28.7 Å². The number of hydrogen-bond acceptors (Lipinski definition) is 3. The van der Waals surface area contributed by atoms with Gasteiger partial charge in [-0.2, -0.15) is 0 Å². The van der Waals surface area contributed by atoms with Gasteiger partial charge in [0, 0.05) is 6.54 Å². The van der Waals surface area contributed by atoms with Crippen LogP contribution in [-0.2, 0) is 4.79 Å². The molecule has 0 radical (unpaired) electrons. The maximum absolute atomic E-state index is 10.6. The molecule has 5 nitrogen and oxygen atoms in total. The maximum atomic E-state index is 10.6. The van der Waals surface area contributed by atoms with E-state index in [0.717, 1.165) is 11.4 Å². The number of hydrogen-bond donors (Lipinski definition) is 1. The average Bonchev–Trinajstić information content (AvgIpc) is 2.03. The lowest BCUT2D eigenvalue weighted by atomic mass is 9.96. The molecular formula is C7H12N2O3. The van der Waals surface area contributed by atoms with Crippen LogP contribution >= 0.6 is 0 Å². The number of nitroso groups, excluding NO2 is 1. The molecule has 0 aromatic rings. The van der Waals surface area contributed by atoms with E-state index in [1.54, 1.807) is 0 Å². The zero-order valence-corrected chi connectivity index (χ0v) is 6.93. The highest BCUT2D eigenvalue weighted by Crippen LogP contribution is 2.21. The Morgan fingerprint density at radius 3 is 2.75 bits per heavy atom. The fourth-order valence-electron chi connectivity index (χ4n) is 1.47. The fourth-order valence-corrected chi connectivity index (χ4v) is 1.47. The molecule has 1 aliphatic rings. The van der Waals surface area contributed by atoms with Gasteiger partial charge in [0.2, 0.25) is 0 Å². The first-order valence-corrected chi connectivity index (χ1v) is 3.98. The molecule has 0 saturated carbocycles. The lowest BCUT2D eigenvalue weighted by Crippen LogP contribution is -2.43. The van der Waals surface area contributed by atoms with Gasteiger partial charge in [0.05, 0.1) is 5.29 Å². The number of carboxylic acid groups (broad SMARTS) is 1. The monoisotopic (exact) mass is 172 g/mol. The van der Waals surface area contributed by atoms with Crippen molar-refractivity contribution in [2.24, 2.45) is 11.2 Å². The second-order valence-electron chi connectivity index (χ2n) is 3.24. The van der Waals surface area contributed by atoms with E-state index >= 15 is 0 Å². The van der Waals surface area contributed by atoms with Crippen LogP contribution in [0, 0.1) is 10.8 Å². The van der Waals surface area contributed by atoms with Crippen LogP contribution in [0.3, 0.4) is 0 Å². The first-order chi connectivity index (χ1) is 5.65. The molecule has 1 N–H and O–H groups in total. The van der Waals surface area contributed by atoms with Crippen molar-refractivity contribution in [3.8, 4) is 0 Å². The standard InChI is InChI=1S/C7H12N2O3/c1-5-2-3-6(7(10)11)9(4-5)8-12/h5-6H,2-4H2,1H3,(H,10,11). The van der Waals surface area contributed by atoms with E-state index in [-0.39, 0.29) is 0 Å². The molecule has 5 heteroatoms. The summed E-state index contributed by atoms with van der Waals surface area (Å²) < 4.78 is 0. The van der Waals surface area contributed by atoms with Crippen LogP contribution in [0.5, 0.6) is 0 Å². The van der Waals surface area contributed by atoms with Gasteiger partial charge in [0.1, 0.15) is 6.04 Å². The Bertz CT molecular complexity index is 195. The number of piperidine rings is 1. The molecule has 0 aromatic heterocycles. The molecule has 1 rings (SSSR count). The summed E-state index contributed by atoms with van der Waals surface area (Å²) >= 11 is 0. The Labute approximate surface area is 70.3 Å². The molecule has 0 aliphatic carbocycles. The van der Waals surface area contributed by atoms with Gasteiger partial charge in [-0.1, -0.05) is 6.92 Å².